The Morgan fingerprint density at radius 3 is 2.82 bits per heavy atom. The number of nitrogens with one attached hydrogen (secondary N) is 1. The molecule has 2 fully saturated rings. The van der Waals surface area contributed by atoms with Crippen LogP contribution in [0.5, 0.6) is 5.75 Å². The third kappa shape index (κ3) is 4.78. The zero-order chi connectivity index (χ0) is 20.3. The molecule has 2 saturated heterocycles. The van der Waals surface area contributed by atoms with Gasteiger partial charge in [-0.3, -0.25) is 9.59 Å². The zero-order valence-electron chi connectivity index (χ0n) is 16.9. The van der Waals surface area contributed by atoms with Gasteiger partial charge in [0.05, 0.1) is 12.7 Å². The van der Waals surface area contributed by atoms with E-state index >= 15 is 0 Å². The first-order valence-electron chi connectivity index (χ1n) is 9.95. The van der Waals surface area contributed by atoms with Crippen LogP contribution in [-0.2, 0) is 4.79 Å². The fourth-order valence-corrected chi connectivity index (χ4v) is 4.55. The van der Waals surface area contributed by atoms with Crippen molar-refractivity contribution in [3.63, 3.8) is 0 Å². The van der Waals surface area contributed by atoms with E-state index in [-0.39, 0.29) is 11.8 Å². The summed E-state index contributed by atoms with van der Waals surface area (Å²) >= 11 is 6.03. The molecule has 28 heavy (non-hydrogen) atoms. The Bertz CT molecular complexity index is 725. The Labute approximate surface area is 172 Å². The van der Waals surface area contributed by atoms with Gasteiger partial charge >= 0.3 is 0 Å². The van der Waals surface area contributed by atoms with Crippen LogP contribution in [0, 0.1) is 11.8 Å². The molecule has 1 aromatic rings. The Balaban J connectivity index is 1.63. The summed E-state index contributed by atoms with van der Waals surface area (Å²) in [5.41, 5.74) is 0.563. The van der Waals surface area contributed by atoms with E-state index in [4.69, 9.17) is 16.3 Å². The number of likely N-dealkylation sites (tertiary alicyclic amines) is 1. The van der Waals surface area contributed by atoms with Crippen molar-refractivity contribution >= 4 is 23.4 Å². The average Bonchev–Trinajstić information content (AvgIpc) is 2.68. The van der Waals surface area contributed by atoms with Crippen LogP contribution in [0.2, 0.25) is 5.02 Å². The maximum absolute atomic E-state index is 13.1. The predicted octanol–water partition coefficient (Wildman–Crippen LogP) is 2.66. The lowest BCUT2D eigenvalue weighted by Gasteiger charge is -2.46. The molecular weight excluding hydrogens is 378 g/mol. The minimum Gasteiger partial charge on any atom is -0.496 e. The van der Waals surface area contributed by atoms with E-state index in [0.717, 1.165) is 38.9 Å². The van der Waals surface area contributed by atoms with E-state index in [1.165, 1.54) is 0 Å². The zero-order valence-corrected chi connectivity index (χ0v) is 17.7. The van der Waals surface area contributed by atoms with Gasteiger partial charge in [-0.1, -0.05) is 11.6 Å². The van der Waals surface area contributed by atoms with Crippen molar-refractivity contribution in [3.8, 4) is 5.75 Å². The van der Waals surface area contributed by atoms with E-state index in [0.29, 0.717) is 40.6 Å². The smallest absolute Gasteiger partial charge is 0.257 e. The van der Waals surface area contributed by atoms with Crippen LogP contribution < -0.4 is 10.1 Å². The first-order chi connectivity index (χ1) is 13.4. The number of benzene rings is 1. The van der Waals surface area contributed by atoms with Crippen molar-refractivity contribution in [2.75, 3.05) is 40.8 Å². The van der Waals surface area contributed by atoms with Crippen LogP contribution >= 0.6 is 11.6 Å². The molecule has 1 aromatic carbocycles. The van der Waals surface area contributed by atoms with Crippen molar-refractivity contribution in [2.45, 2.75) is 31.7 Å². The highest BCUT2D eigenvalue weighted by Crippen LogP contribution is 2.32. The molecule has 154 valence electrons. The molecule has 2 amide bonds. The van der Waals surface area contributed by atoms with E-state index in [9.17, 15) is 9.59 Å². The molecule has 0 spiro atoms. The van der Waals surface area contributed by atoms with Crippen molar-refractivity contribution in [1.82, 2.24) is 15.1 Å². The number of methoxy groups -OCH3 is 1. The largest absolute Gasteiger partial charge is 0.496 e. The second-order valence-electron chi connectivity index (χ2n) is 8.11. The molecule has 0 radical (unpaired) electrons. The van der Waals surface area contributed by atoms with Crippen molar-refractivity contribution in [3.05, 3.63) is 28.8 Å². The first-order valence-corrected chi connectivity index (χ1v) is 10.3. The van der Waals surface area contributed by atoms with Gasteiger partial charge in [-0.25, -0.2) is 0 Å². The summed E-state index contributed by atoms with van der Waals surface area (Å²) in [5, 5.41) is 4.20. The molecule has 3 atom stereocenters. The lowest BCUT2D eigenvalue weighted by Crippen LogP contribution is -2.57. The van der Waals surface area contributed by atoms with Crippen LogP contribution in [0.25, 0.3) is 0 Å². The van der Waals surface area contributed by atoms with Gasteiger partial charge in [0.25, 0.3) is 5.91 Å². The fourth-order valence-electron chi connectivity index (χ4n) is 4.38. The number of fused-ring (bicyclic) bond motifs is 2. The lowest BCUT2D eigenvalue weighted by molar-refractivity contribution is -0.128. The maximum Gasteiger partial charge on any atom is 0.257 e. The number of piperidine rings is 2. The second-order valence-corrected chi connectivity index (χ2v) is 8.55. The minimum atomic E-state index is 0.00616. The molecule has 0 aromatic heterocycles. The first kappa shape index (κ1) is 20.9. The summed E-state index contributed by atoms with van der Waals surface area (Å²) in [4.78, 5) is 28.6. The summed E-state index contributed by atoms with van der Waals surface area (Å²) in [7, 11) is 5.14. The molecule has 2 unspecified atom stereocenters. The summed E-state index contributed by atoms with van der Waals surface area (Å²) in [6.45, 7) is 2.42. The number of halogens is 1. The molecule has 2 aliphatic heterocycles. The summed E-state index contributed by atoms with van der Waals surface area (Å²) in [6, 6.07) is 5.52. The predicted molar refractivity (Wildman–Crippen MR) is 110 cm³/mol. The highest BCUT2D eigenvalue weighted by molar-refractivity contribution is 6.30. The highest BCUT2D eigenvalue weighted by atomic mass is 35.5. The van der Waals surface area contributed by atoms with Gasteiger partial charge in [-0.2, -0.15) is 0 Å². The number of carbonyl (C=O) groups excluding carboxylic acids is 2. The van der Waals surface area contributed by atoms with E-state index < -0.39 is 0 Å². The number of ether oxygens (including phenoxy) is 1. The SMILES string of the molecule is COc1cc(Cl)ccc1C(=O)N1CC2CN[C@H](CCCC(=O)N(C)C)C(C2)C1. The third-order valence-corrected chi connectivity index (χ3v) is 6.13. The van der Waals surface area contributed by atoms with Gasteiger partial charge in [-0.05, 0) is 55.8 Å². The molecule has 0 saturated carbocycles. The number of rotatable bonds is 6. The molecule has 2 bridgehead atoms. The van der Waals surface area contributed by atoms with Gasteiger partial charge < -0.3 is 19.9 Å². The molecule has 1 N–H and O–H groups in total. The maximum atomic E-state index is 13.1. The molecule has 6 nitrogen and oxygen atoms in total. The van der Waals surface area contributed by atoms with Crippen LogP contribution in [0.4, 0.5) is 0 Å². The van der Waals surface area contributed by atoms with Crippen molar-refractivity contribution < 1.29 is 14.3 Å². The minimum absolute atomic E-state index is 0.00616. The number of amides is 2. The average molecular weight is 408 g/mol. The Hall–Kier alpha value is -1.79. The van der Waals surface area contributed by atoms with Crippen molar-refractivity contribution in [2.24, 2.45) is 11.8 Å². The second kappa shape index (κ2) is 9.14. The van der Waals surface area contributed by atoms with Crippen LogP contribution in [0.1, 0.15) is 36.0 Å². The molecular formula is C21H30ClN3O3. The Kier molecular flexibility index (Phi) is 6.83. The molecule has 0 aliphatic carbocycles. The molecule has 2 heterocycles. The standard InChI is InChI=1S/C21H30ClN3O3/c1-24(2)20(26)6-4-5-18-15-9-14(11-23-18)12-25(13-15)21(27)17-8-7-16(22)10-19(17)28-3/h7-8,10,14-15,18,23H,4-6,9,11-13H2,1-3H3/t14?,15?,18-/m1/s1. The van der Waals surface area contributed by atoms with Crippen LogP contribution in [-0.4, -0.2) is 68.5 Å². The van der Waals surface area contributed by atoms with Gasteiger partial charge in [0, 0.05) is 44.7 Å². The number of nitrogens with zero attached hydrogens (tertiary/aromatic N) is 2. The summed E-state index contributed by atoms with van der Waals surface area (Å²) in [6.07, 6.45) is 3.55. The van der Waals surface area contributed by atoms with Gasteiger partial charge in [-0.15, -0.1) is 0 Å². The lowest BCUT2D eigenvalue weighted by atomic mass is 9.78. The summed E-state index contributed by atoms with van der Waals surface area (Å²) < 4.78 is 5.37. The van der Waals surface area contributed by atoms with E-state index in [1.807, 2.05) is 4.90 Å². The van der Waals surface area contributed by atoms with E-state index in [1.54, 1.807) is 44.3 Å². The molecule has 3 rings (SSSR count). The summed E-state index contributed by atoms with van der Waals surface area (Å²) in [5.74, 6) is 1.59. The Morgan fingerprint density at radius 1 is 1.32 bits per heavy atom. The van der Waals surface area contributed by atoms with E-state index in [2.05, 4.69) is 5.32 Å². The normalized spacial score (nSPS) is 24.0. The van der Waals surface area contributed by atoms with Crippen LogP contribution in [0.15, 0.2) is 18.2 Å². The fraction of sp³-hybridized carbons (Fsp3) is 0.619. The quantitative estimate of drug-likeness (QED) is 0.787. The number of carbonyl (C=O) groups is 2. The number of hydrogen-bond acceptors (Lipinski definition) is 4. The molecule has 7 heteroatoms. The monoisotopic (exact) mass is 407 g/mol. The van der Waals surface area contributed by atoms with Crippen LogP contribution in [0.3, 0.4) is 0 Å². The number of hydrogen-bond donors (Lipinski definition) is 1. The van der Waals surface area contributed by atoms with Crippen molar-refractivity contribution in [1.29, 1.82) is 0 Å². The molecule has 2 aliphatic rings. The van der Waals surface area contributed by atoms with Gasteiger partial charge in [0.2, 0.25) is 5.91 Å². The van der Waals surface area contributed by atoms with Gasteiger partial charge in [0.1, 0.15) is 5.75 Å². The topological polar surface area (TPSA) is 61.9 Å². The highest BCUT2D eigenvalue weighted by Gasteiger charge is 2.38. The third-order valence-electron chi connectivity index (χ3n) is 5.89. The Morgan fingerprint density at radius 2 is 2.11 bits per heavy atom. The van der Waals surface area contributed by atoms with Gasteiger partial charge in [0.15, 0.2) is 0 Å².